The molecule has 1 saturated heterocycles. The summed E-state index contributed by atoms with van der Waals surface area (Å²) in [5, 5.41) is 0. The average Bonchev–Trinajstić information content (AvgIpc) is 3.56. The molecule has 5 rings (SSSR count). The second-order valence-electron chi connectivity index (χ2n) is 8.11. The molecular formula is C22H27NO5. The third-order valence-corrected chi connectivity index (χ3v) is 6.30. The van der Waals surface area contributed by atoms with Crippen LogP contribution in [0.2, 0.25) is 0 Å². The molecule has 2 aliphatic carbocycles. The number of hydrogen-bond donors (Lipinski definition) is 0. The van der Waals surface area contributed by atoms with Gasteiger partial charge in [-0.05, 0) is 44.7 Å². The molecule has 4 aliphatic rings. The van der Waals surface area contributed by atoms with Crippen LogP contribution in [0.25, 0.3) is 0 Å². The number of hydrogen-bond acceptors (Lipinski definition) is 6. The number of fused-ring (bicyclic) bond motifs is 3. The molecular weight excluding hydrogens is 358 g/mol. The molecule has 0 bridgehead atoms. The molecule has 6 nitrogen and oxygen atoms in total. The quantitative estimate of drug-likeness (QED) is 0.776. The lowest BCUT2D eigenvalue weighted by atomic mass is 9.73. The Labute approximate surface area is 165 Å². The number of benzene rings is 1. The summed E-state index contributed by atoms with van der Waals surface area (Å²) in [5.74, 6) is 1.55. The predicted octanol–water partition coefficient (Wildman–Crippen LogP) is 3.12. The molecule has 0 N–H and O–H groups in total. The number of carbonyl (C=O) groups is 1. The Balaban J connectivity index is 1.33. The van der Waals surface area contributed by atoms with Crippen molar-refractivity contribution in [2.24, 2.45) is 11.8 Å². The first kappa shape index (κ1) is 18.0. The van der Waals surface area contributed by atoms with Crippen LogP contribution in [0.3, 0.4) is 0 Å². The Kier molecular flexibility index (Phi) is 4.77. The van der Waals surface area contributed by atoms with Crippen molar-refractivity contribution in [2.45, 2.75) is 50.9 Å². The summed E-state index contributed by atoms with van der Waals surface area (Å²) < 4.78 is 23.7. The van der Waals surface area contributed by atoms with Gasteiger partial charge in [-0.2, -0.15) is 0 Å². The maximum atomic E-state index is 13.2. The third kappa shape index (κ3) is 3.29. The summed E-state index contributed by atoms with van der Waals surface area (Å²) in [7, 11) is 0. The summed E-state index contributed by atoms with van der Waals surface area (Å²) in [4.78, 5) is 15.6. The molecule has 2 heterocycles. The van der Waals surface area contributed by atoms with Gasteiger partial charge < -0.3 is 18.9 Å². The van der Waals surface area contributed by atoms with Gasteiger partial charge in [0.15, 0.2) is 11.5 Å². The maximum absolute atomic E-state index is 13.2. The highest BCUT2D eigenvalue weighted by Crippen LogP contribution is 2.42. The fraction of sp³-hybridized carbons (Fsp3) is 0.591. The molecule has 1 aromatic carbocycles. The smallest absolute Gasteiger partial charge is 0.208 e. The summed E-state index contributed by atoms with van der Waals surface area (Å²) in [6.45, 7) is 4.14. The van der Waals surface area contributed by atoms with Crippen molar-refractivity contribution in [3.63, 3.8) is 0 Å². The van der Waals surface area contributed by atoms with Crippen LogP contribution in [0.5, 0.6) is 11.5 Å². The summed E-state index contributed by atoms with van der Waals surface area (Å²) in [6.07, 6.45) is 5.77. The van der Waals surface area contributed by atoms with Crippen molar-refractivity contribution in [2.75, 3.05) is 19.9 Å². The number of carbonyl (C=O) groups excluding carboxylic acids is 1. The first-order valence-electron chi connectivity index (χ1n) is 10.4. The molecule has 0 radical (unpaired) electrons. The molecule has 150 valence electrons. The minimum atomic E-state index is -0.164. The number of ketones is 1. The Morgan fingerprint density at radius 2 is 1.96 bits per heavy atom. The van der Waals surface area contributed by atoms with Crippen LogP contribution >= 0.6 is 0 Å². The standard InChI is InChI=1S/C22H27NO5/c1-2-25-18-5-3-4-6-19(18)28-20-12-26-22-15(21(20)24)9-10-17-16(22)11-23(13-27-17)14-7-8-14/h3-6,12,14-17,22H,2,7-11,13H2,1H3. The van der Waals surface area contributed by atoms with E-state index in [1.807, 2.05) is 31.2 Å². The van der Waals surface area contributed by atoms with E-state index in [1.165, 1.54) is 19.1 Å². The van der Waals surface area contributed by atoms with Crippen molar-refractivity contribution in [1.82, 2.24) is 4.90 Å². The van der Waals surface area contributed by atoms with E-state index in [0.29, 0.717) is 24.1 Å². The lowest BCUT2D eigenvalue weighted by molar-refractivity contribution is -0.174. The van der Waals surface area contributed by atoms with Gasteiger partial charge in [0.1, 0.15) is 12.4 Å². The molecule has 4 unspecified atom stereocenters. The summed E-state index contributed by atoms with van der Waals surface area (Å²) in [5.41, 5.74) is 0. The zero-order valence-corrected chi connectivity index (χ0v) is 16.2. The Morgan fingerprint density at radius 1 is 1.14 bits per heavy atom. The lowest BCUT2D eigenvalue weighted by Crippen LogP contribution is -2.57. The second kappa shape index (κ2) is 7.41. The van der Waals surface area contributed by atoms with Crippen LogP contribution in [-0.4, -0.2) is 48.8 Å². The van der Waals surface area contributed by atoms with Crippen LogP contribution in [0.4, 0.5) is 0 Å². The van der Waals surface area contributed by atoms with Gasteiger partial charge >= 0.3 is 0 Å². The number of rotatable bonds is 5. The molecule has 1 aromatic rings. The van der Waals surface area contributed by atoms with Gasteiger partial charge in [-0.15, -0.1) is 0 Å². The van der Waals surface area contributed by atoms with Gasteiger partial charge in [0.05, 0.1) is 25.4 Å². The fourth-order valence-electron chi connectivity index (χ4n) is 4.73. The van der Waals surface area contributed by atoms with Gasteiger partial charge in [0, 0.05) is 18.5 Å². The van der Waals surface area contributed by atoms with Crippen molar-refractivity contribution in [3.8, 4) is 11.5 Å². The van der Waals surface area contributed by atoms with Gasteiger partial charge in [-0.25, -0.2) is 0 Å². The number of nitrogens with zero attached hydrogens (tertiary/aromatic N) is 1. The van der Waals surface area contributed by atoms with E-state index in [2.05, 4.69) is 4.90 Å². The molecule has 0 amide bonds. The zero-order chi connectivity index (χ0) is 19.1. The average molecular weight is 385 g/mol. The molecule has 2 saturated carbocycles. The molecule has 4 atom stereocenters. The van der Waals surface area contributed by atoms with Crippen molar-refractivity contribution >= 4 is 5.78 Å². The second-order valence-corrected chi connectivity index (χ2v) is 8.11. The van der Waals surface area contributed by atoms with Gasteiger partial charge in [0.2, 0.25) is 11.5 Å². The SMILES string of the molecule is CCOc1ccccc1OC1=COC2C(CCC3OCN(C4CC4)CC32)C1=O. The third-order valence-electron chi connectivity index (χ3n) is 6.30. The minimum absolute atomic E-state index is 0.0320. The fourth-order valence-corrected chi connectivity index (χ4v) is 4.73. The highest BCUT2D eigenvalue weighted by Gasteiger charge is 2.50. The number of ether oxygens (including phenoxy) is 4. The van der Waals surface area contributed by atoms with Crippen LogP contribution in [-0.2, 0) is 14.3 Å². The number of para-hydroxylation sites is 2. The van der Waals surface area contributed by atoms with Crippen LogP contribution in [0.1, 0.15) is 32.6 Å². The highest BCUT2D eigenvalue weighted by molar-refractivity contribution is 5.96. The molecule has 6 heteroatoms. The van der Waals surface area contributed by atoms with Crippen molar-refractivity contribution in [1.29, 1.82) is 0 Å². The van der Waals surface area contributed by atoms with E-state index in [1.54, 1.807) is 0 Å². The minimum Gasteiger partial charge on any atom is -0.493 e. The van der Waals surface area contributed by atoms with Crippen LogP contribution in [0.15, 0.2) is 36.3 Å². The molecule has 3 fully saturated rings. The molecule has 0 aromatic heterocycles. The Hall–Kier alpha value is -2.05. The molecule has 2 aliphatic heterocycles. The number of Topliss-reactive ketones (excluding diaryl/α,β-unsaturated/α-hetero) is 1. The van der Waals surface area contributed by atoms with E-state index in [-0.39, 0.29) is 35.6 Å². The van der Waals surface area contributed by atoms with E-state index in [4.69, 9.17) is 18.9 Å². The predicted molar refractivity (Wildman–Crippen MR) is 102 cm³/mol. The van der Waals surface area contributed by atoms with E-state index < -0.39 is 0 Å². The van der Waals surface area contributed by atoms with Crippen molar-refractivity contribution in [3.05, 3.63) is 36.3 Å². The Bertz CT molecular complexity index is 774. The Morgan fingerprint density at radius 3 is 2.75 bits per heavy atom. The van der Waals surface area contributed by atoms with E-state index >= 15 is 0 Å². The topological polar surface area (TPSA) is 57.2 Å². The van der Waals surface area contributed by atoms with Gasteiger partial charge in [0.25, 0.3) is 0 Å². The van der Waals surface area contributed by atoms with Crippen LogP contribution < -0.4 is 9.47 Å². The summed E-state index contributed by atoms with van der Waals surface area (Å²) in [6, 6.07) is 8.06. The normalized spacial score (nSPS) is 32.6. The first-order chi connectivity index (χ1) is 13.7. The van der Waals surface area contributed by atoms with Gasteiger partial charge in [-0.3, -0.25) is 9.69 Å². The van der Waals surface area contributed by atoms with Crippen molar-refractivity contribution < 1.29 is 23.7 Å². The van der Waals surface area contributed by atoms with Gasteiger partial charge in [-0.1, -0.05) is 12.1 Å². The summed E-state index contributed by atoms with van der Waals surface area (Å²) >= 11 is 0. The lowest BCUT2D eigenvalue weighted by Gasteiger charge is -2.48. The first-order valence-corrected chi connectivity index (χ1v) is 10.4. The molecule has 0 spiro atoms. The van der Waals surface area contributed by atoms with E-state index in [0.717, 1.165) is 26.1 Å². The molecule has 28 heavy (non-hydrogen) atoms. The largest absolute Gasteiger partial charge is 0.493 e. The number of allylic oxidation sites excluding steroid dienone is 1. The zero-order valence-electron chi connectivity index (χ0n) is 16.2. The van der Waals surface area contributed by atoms with Crippen LogP contribution in [0, 0.1) is 11.8 Å². The highest BCUT2D eigenvalue weighted by atomic mass is 16.5. The van der Waals surface area contributed by atoms with E-state index in [9.17, 15) is 4.79 Å². The maximum Gasteiger partial charge on any atom is 0.208 e. The monoisotopic (exact) mass is 385 g/mol.